The molecule has 0 atom stereocenters. The lowest BCUT2D eigenvalue weighted by Crippen LogP contribution is -2.48. The number of rotatable bonds is 4. The summed E-state index contributed by atoms with van der Waals surface area (Å²) in [5.41, 5.74) is -0.769. The van der Waals surface area contributed by atoms with E-state index in [1.807, 2.05) is 34.6 Å². The highest BCUT2D eigenvalue weighted by Gasteiger charge is 2.27. The van der Waals surface area contributed by atoms with Crippen molar-refractivity contribution in [3.05, 3.63) is 22.7 Å². The Hall–Kier alpha value is -1.85. The molecule has 1 aromatic rings. The van der Waals surface area contributed by atoms with E-state index in [0.717, 1.165) is 0 Å². The number of carboxylic acids is 1. The summed E-state index contributed by atoms with van der Waals surface area (Å²) in [7, 11) is 0. The Morgan fingerprint density at radius 2 is 2.05 bits per heavy atom. The highest BCUT2D eigenvalue weighted by atomic mass is 16.4. The van der Waals surface area contributed by atoms with Gasteiger partial charge in [-0.05, 0) is 34.6 Å². The maximum atomic E-state index is 12.3. The largest absolute Gasteiger partial charge is 0.480 e. The predicted molar refractivity (Wildman–Crippen MR) is 73.6 cm³/mol. The van der Waals surface area contributed by atoms with Crippen LogP contribution in [-0.2, 0) is 4.79 Å². The highest BCUT2D eigenvalue weighted by molar-refractivity contribution is 5.73. The van der Waals surface area contributed by atoms with Crippen molar-refractivity contribution in [2.24, 2.45) is 0 Å². The molecule has 1 rings (SSSR count). The molecule has 0 unspecified atom stereocenters. The summed E-state index contributed by atoms with van der Waals surface area (Å²) >= 11 is 0. The molecule has 1 aromatic heterocycles. The van der Waals surface area contributed by atoms with Crippen molar-refractivity contribution in [3.8, 4) is 0 Å². The molecule has 0 aliphatic carbocycles. The average molecular weight is 267 g/mol. The maximum absolute atomic E-state index is 12.3. The number of carbonyl (C=O) groups is 1. The van der Waals surface area contributed by atoms with Crippen LogP contribution in [0.25, 0.3) is 0 Å². The molecule has 0 aliphatic heterocycles. The van der Waals surface area contributed by atoms with Crippen LogP contribution < -0.4 is 10.5 Å². The van der Waals surface area contributed by atoms with E-state index in [0.29, 0.717) is 0 Å². The fourth-order valence-electron chi connectivity index (χ4n) is 1.77. The second kappa shape index (κ2) is 5.42. The molecule has 0 spiro atoms. The minimum Gasteiger partial charge on any atom is -0.480 e. The van der Waals surface area contributed by atoms with Crippen molar-refractivity contribution >= 4 is 11.8 Å². The second-order valence-corrected chi connectivity index (χ2v) is 5.71. The number of aliphatic carboxylic acids is 1. The molecule has 1 heterocycles. The molecule has 0 fully saturated rings. The Morgan fingerprint density at radius 3 is 2.47 bits per heavy atom. The molecule has 0 aromatic carbocycles. The molecule has 0 bridgehead atoms. The van der Waals surface area contributed by atoms with Crippen LogP contribution in [0.2, 0.25) is 0 Å². The van der Waals surface area contributed by atoms with E-state index in [1.165, 1.54) is 11.1 Å². The van der Waals surface area contributed by atoms with E-state index in [-0.39, 0.29) is 24.0 Å². The Kier molecular flexibility index (Phi) is 4.34. The van der Waals surface area contributed by atoms with E-state index in [2.05, 4.69) is 4.98 Å². The van der Waals surface area contributed by atoms with Crippen LogP contribution in [0, 0.1) is 0 Å². The first-order valence-electron chi connectivity index (χ1n) is 6.21. The first-order valence-corrected chi connectivity index (χ1v) is 6.21. The van der Waals surface area contributed by atoms with Crippen molar-refractivity contribution in [3.63, 3.8) is 0 Å². The van der Waals surface area contributed by atoms with Gasteiger partial charge in [-0.2, -0.15) is 0 Å². The highest BCUT2D eigenvalue weighted by Crippen LogP contribution is 2.18. The van der Waals surface area contributed by atoms with Crippen LogP contribution in [-0.4, -0.2) is 32.7 Å². The van der Waals surface area contributed by atoms with Gasteiger partial charge in [0, 0.05) is 24.0 Å². The van der Waals surface area contributed by atoms with Crippen LogP contribution in [0.1, 0.15) is 40.7 Å². The van der Waals surface area contributed by atoms with Gasteiger partial charge >= 0.3 is 5.97 Å². The normalized spacial score (nSPS) is 11.7. The summed E-state index contributed by atoms with van der Waals surface area (Å²) in [6.07, 6.45) is 3.13. The summed E-state index contributed by atoms with van der Waals surface area (Å²) in [4.78, 5) is 28.9. The molecule has 6 nitrogen and oxygen atoms in total. The van der Waals surface area contributed by atoms with Gasteiger partial charge in [0.2, 0.25) is 0 Å². The summed E-state index contributed by atoms with van der Waals surface area (Å²) in [6, 6.07) is 0.000830. The molecule has 106 valence electrons. The van der Waals surface area contributed by atoms with Gasteiger partial charge in [-0.15, -0.1) is 0 Å². The number of carboxylic acid groups (broad SMARTS) is 1. The van der Waals surface area contributed by atoms with Crippen LogP contribution >= 0.6 is 0 Å². The summed E-state index contributed by atoms with van der Waals surface area (Å²) in [5.74, 6) is -0.817. The lowest BCUT2D eigenvalue weighted by Gasteiger charge is -2.35. The zero-order valence-corrected chi connectivity index (χ0v) is 12.0. The number of aromatic nitrogens is 2. The number of hydrogen-bond acceptors (Lipinski definition) is 4. The number of hydrogen-bond donors (Lipinski definition) is 1. The van der Waals surface area contributed by atoms with E-state index < -0.39 is 11.5 Å². The van der Waals surface area contributed by atoms with E-state index >= 15 is 0 Å². The fourth-order valence-corrected chi connectivity index (χ4v) is 1.77. The molecule has 0 saturated carbocycles. The first-order chi connectivity index (χ1) is 8.64. The molecule has 19 heavy (non-hydrogen) atoms. The molecular formula is C13H21N3O3. The van der Waals surface area contributed by atoms with Crippen molar-refractivity contribution in [1.82, 2.24) is 9.55 Å². The molecule has 6 heteroatoms. The summed E-state index contributed by atoms with van der Waals surface area (Å²) in [5, 5.41) is 9.00. The van der Waals surface area contributed by atoms with E-state index in [1.54, 1.807) is 10.8 Å². The zero-order valence-electron chi connectivity index (χ0n) is 12.0. The van der Waals surface area contributed by atoms with Crippen molar-refractivity contribution in [2.75, 3.05) is 11.4 Å². The Bertz CT molecular complexity index is 515. The minimum absolute atomic E-state index is 0.000830. The predicted octanol–water partition coefficient (Wildman–Crippen LogP) is 1.51. The summed E-state index contributed by atoms with van der Waals surface area (Å²) < 4.78 is 1.54. The standard InChI is InChI=1S/C13H21N3O3/c1-9(2)15-7-6-14-11(12(15)19)16(8-10(17)18)13(3,4)5/h6-7,9H,8H2,1-5H3,(H,17,18). The SMILES string of the molecule is CC(C)n1ccnc(N(CC(=O)O)C(C)(C)C)c1=O. The van der Waals surface area contributed by atoms with Crippen molar-refractivity contribution < 1.29 is 9.90 Å². The molecular weight excluding hydrogens is 246 g/mol. The van der Waals surface area contributed by atoms with Gasteiger partial charge in [0.25, 0.3) is 5.56 Å². The third kappa shape index (κ3) is 3.56. The van der Waals surface area contributed by atoms with Crippen LogP contribution in [0.5, 0.6) is 0 Å². The Morgan fingerprint density at radius 1 is 1.47 bits per heavy atom. The smallest absolute Gasteiger partial charge is 0.323 e. The van der Waals surface area contributed by atoms with Gasteiger partial charge in [-0.25, -0.2) is 4.98 Å². The second-order valence-electron chi connectivity index (χ2n) is 5.71. The Balaban J connectivity index is 3.35. The van der Waals surface area contributed by atoms with Gasteiger partial charge in [0.1, 0.15) is 6.54 Å². The lowest BCUT2D eigenvalue weighted by atomic mass is 10.1. The molecule has 0 saturated heterocycles. The van der Waals surface area contributed by atoms with Gasteiger partial charge < -0.3 is 14.6 Å². The van der Waals surface area contributed by atoms with Gasteiger partial charge in [0.15, 0.2) is 5.82 Å². The fraction of sp³-hybridized carbons (Fsp3) is 0.615. The lowest BCUT2D eigenvalue weighted by molar-refractivity contribution is -0.135. The van der Waals surface area contributed by atoms with Crippen LogP contribution in [0.15, 0.2) is 17.2 Å². The van der Waals surface area contributed by atoms with Gasteiger partial charge in [0.05, 0.1) is 0 Å². The van der Waals surface area contributed by atoms with Crippen molar-refractivity contribution in [1.29, 1.82) is 0 Å². The summed E-state index contributed by atoms with van der Waals surface area (Å²) in [6.45, 7) is 9.08. The quantitative estimate of drug-likeness (QED) is 0.895. The Labute approximate surface area is 112 Å². The number of anilines is 1. The van der Waals surface area contributed by atoms with Crippen LogP contribution in [0.3, 0.4) is 0 Å². The molecule has 1 N–H and O–H groups in total. The van der Waals surface area contributed by atoms with Gasteiger partial charge in [-0.1, -0.05) is 0 Å². The molecule has 0 amide bonds. The van der Waals surface area contributed by atoms with E-state index in [4.69, 9.17) is 5.11 Å². The minimum atomic E-state index is -0.990. The van der Waals surface area contributed by atoms with Crippen molar-refractivity contribution in [2.45, 2.75) is 46.2 Å². The monoisotopic (exact) mass is 267 g/mol. The van der Waals surface area contributed by atoms with Gasteiger partial charge in [-0.3, -0.25) is 9.59 Å². The third-order valence-electron chi connectivity index (χ3n) is 2.77. The topological polar surface area (TPSA) is 75.4 Å². The average Bonchev–Trinajstić information content (AvgIpc) is 2.24. The first kappa shape index (κ1) is 15.2. The molecule has 0 aliphatic rings. The maximum Gasteiger partial charge on any atom is 0.323 e. The molecule has 0 radical (unpaired) electrons. The zero-order chi connectivity index (χ0) is 14.8. The third-order valence-corrected chi connectivity index (χ3v) is 2.77. The van der Waals surface area contributed by atoms with Crippen LogP contribution in [0.4, 0.5) is 5.82 Å². The van der Waals surface area contributed by atoms with E-state index in [9.17, 15) is 9.59 Å². The number of nitrogens with zero attached hydrogens (tertiary/aromatic N) is 3.